The van der Waals surface area contributed by atoms with Crippen LogP contribution in [0.2, 0.25) is 0 Å². The summed E-state index contributed by atoms with van der Waals surface area (Å²) < 4.78 is 0. The highest BCUT2D eigenvalue weighted by molar-refractivity contribution is 6.39. The molecule has 0 aliphatic rings. The molecule has 0 heterocycles. The van der Waals surface area contributed by atoms with Crippen molar-refractivity contribution in [3.63, 3.8) is 0 Å². The smallest absolute Gasteiger partial charge is 0.00139 e. The first kappa shape index (κ1) is 25.4. The second kappa shape index (κ2) is 9.76. The lowest BCUT2D eigenvalue weighted by Crippen LogP contribution is -1.89. The Morgan fingerprint density at radius 3 is 1.20 bits per heavy atom. The Hall–Kier alpha value is -5.98. The predicted molar refractivity (Wildman–Crippen MR) is 200 cm³/mol. The number of hydrogen-bond donors (Lipinski definition) is 0. The van der Waals surface area contributed by atoms with E-state index in [2.05, 4.69) is 170 Å². The van der Waals surface area contributed by atoms with Crippen LogP contribution in [0.1, 0.15) is 0 Å². The predicted octanol–water partition coefficient (Wildman–Crippen LogP) is 13.1. The van der Waals surface area contributed by atoms with Crippen molar-refractivity contribution in [3.8, 4) is 22.3 Å². The van der Waals surface area contributed by atoms with Gasteiger partial charge in [-0.25, -0.2) is 0 Å². The van der Waals surface area contributed by atoms with Gasteiger partial charge in [0.1, 0.15) is 0 Å². The Morgan fingerprint density at radius 1 is 0.217 bits per heavy atom. The summed E-state index contributed by atoms with van der Waals surface area (Å²) in [4.78, 5) is 0. The van der Waals surface area contributed by atoms with E-state index >= 15 is 0 Å². The molecule has 0 bridgehead atoms. The molecule has 0 atom stereocenters. The average molecular weight is 581 g/mol. The van der Waals surface area contributed by atoms with Gasteiger partial charge in [0, 0.05) is 0 Å². The van der Waals surface area contributed by atoms with Crippen molar-refractivity contribution in [1.29, 1.82) is 0 Å². The molecule has 0 N–H and O–H groups in total. The third kappa shape index (κ3) is 3.62. The first-order valence-corrected chi connectivity index (χ1v) is 16.0. The maximum absolute atomic E-state index is 2.40. The molecule has 0 aliphatic heterocycles. The molecule has 0 spiro atoms. The molecule has 10 aromatic rings. The van der Waals surface area contributed by atoms with E-state index < -0.39 is 0 Å². The first-order valence-electron chi connectivity index (χ1n) is 16.0. The lowest BCUT2D eigenvalue weighted by atomic mass is 9.86. The third-order valence-electron chi connectivity index (χ3n) is 10.0. The van der Waals surface area contributed by atoms with Crippen molar-refractivity contribution in [3.05, 3.63) is 170 Å². The molecule has 0 unspecified atom stereocenters. The van der Waals surface area contributed by atoms with E-state index in [9.17, 15) is 0 Å². The molecule has 0 saturated heterocycles. The highest BCUT2D eigenvalue weighted by atomic mass is 14.2. The monoisotopic (exact) mass is 580 g/mol. The molecule has 10 rings (SSSR count). The molecule has 0 radical (unpaired) electrons. The van der Waals surface area contributed by atoms with Crippen molar-refractivity contribution in [2.24, 2.45) is 0 Å². The SMILES string of the molecule is c1ccc2c(c1)cc(-c1ccc(-c3ccc4c(c3)c3ccccc3c3c5ccccc5c5ccccc5c43)cc1)c1ccccc12. The quantitative estimate of drug-likeness (QED) is 0.178. The molecule has 46 heavy (non-hydrogen) atoms. The van der Waals surface area contributed by atoms with Crippen molar-refractivity contribution in [1.82, 2.24) is 0 Å². The van der Waals surface area contributed by atoms with Crippen LogP contribution in [0.5, 0.6) is 0 Å². The van der Waals surface area contributed by atoms with E-state index in [0.29, 0.717) is 0 Å². The van der Waals surface area contributed by atoms with Crippen LogP contribution in [0.25, 0.3) is 97.7 Å². The summed E-state index contributed by atoms with van der Waals surface area (Å²) in [6, 6.07) is 62.7. The summed E-state index contributed by atoms with van der Waals surface area (Å²) in [5, 5.41) is 18.3. The lowest BCUT2D eigenvalue weighted by Gasteiger charge is -2.17. The number of rotatable bonds is 2. The highest BCUT2D eigenvalue weighted by Gasteiger charge is 2.16. The van der Waals surface area contributed by atoms with Crippen LogP contribution in [0.15, 0.2) is 170 Å². The number of benzene rings is 10. The van der Waals surface area contributed by atoms with Crippen molar-refractivity contribution in [2.45, 2.75) is 0 Å². The zero-order chi connectivity index (χ0) is 30.2. The minimum atomic E-state index is 1.23. The van der Waals surface area contributed by atoms with Gasteiger partial charge in [0.25, 0.3) is 0 Å². The van der Waals surface area contributed by atoms with Gasteiger partial charge in [-0.2, -0.15) is 0 Å². The fourth-order valence-corrected chi connectivity index (χ4v) is 7.94. The van der Waals surface area contributed by atoms with Crippen LogP contribution < -0.4 is 0 Å². The van der Waals surface area contributed by atoms with Crippen LogP contribution in [0, 0.1) is 0 Å². The van der Waals surface area contributed by atoms with E-state index in [0.717, 1.165) is 0 Å². The summed E-state index contributed by atoms with van der Waals surface area (Å²) in [6.45, 7) is 0. The summed E-state index contributed by atoms with van der Waals surface area (Å²) in [7, 11) is 0. The van der Waals surface area contributed by atoms with Crippen LogP contribution in [0.3, 0.4) is 0 Å². The van der Waals surface area contributed by atoms with E-state index in [1.54, 1.807) is 0 Å². The van der Waals surface area contributed by atoms with Crippen LogP contribution in [-0.2, 0) is 0 Å². The van der Waals surface area contributed by atoms with Gasteiger partial charge in [0.15, 0.2) is 0 Å². The summed E-state index contributed by atoms with van der Waals surface area (Å²) in [6.07, 6.45) is 0. The summed E-state index contributed by atoms with van der Waals surface area (Å²) in [5.74, 6) is 0. The van der Waals surface area contributed by atoms with E-state index in [4.69, 9.17) is 0 Å². The normalized spacial score (nSPS) is 11.9. The van der Waals surface area contributed by atoms with Crippen LogP contribution in [-0.4, -0.2) is 0 Å². The Bertz CT molecular complexity index is 2840. The summed E-state index contributed by atoms with van der Waals surface area (Å²) in [5.41, 5.74) is 4.97. The topological polar surface area (TPSA) is 0 Å². The van der Waals surface area contributed by atoms with Crippen LogP contribution in [0.4, 0.5) is 0 Å². The fourth-order valence-electron chi connectivity index (χ4n) is 7.94. The highest BCUT2D eigenvalue weighted by Crippen LogP contribution is 2.44. The molecule has 10 aromatic carbocycles. The van der Waals surface area contributed by atoms with E-state index in [-0.39, 0.29) is 0 Å². The van der Waals surface area contributed by atoms with Gasteiger partial charge < -0.3 is 0 Å². The van der Waals surface area contributed by atoms with Gasteiger partial charge in [0.2, 0.25) is 0 Å². The van der Waals surface area contributed by atoms with Gasteiger partial charge in [-0.15, -0.1) is 0 Å². The van der Waals surface area contributed by atoms with Crippen molar-refractivity contribution >= 4 is 75.4 Å². The van der Waals surface area contributed by atoms with Gasteiger partial charge in [-0.3, -0.25) is 0 Å². The van der Waals surface area contributed by atoms with Gasteiger partial charge in [-0.1, -0.05) is 158 Å². The van der Waals surface area contributed by atoms with Gasteiger partial charge in [0.05, 0.1) is 0 Å². The van der Waals surface area contributed by atoms with Gasteiger partial charge in [-0.05, 0) is 110 Å². The summed E-state index contributed by atoms with van der Waals surface area (Å²) >= 11 is 0. The molecule has 0 heteroatoms. The molecule has 212 valence electrons. The maximum Gasteiger partial charge on any atom is -0.00139 e. The van der Waals surface area contributed by atoms with Crippen molar-refractivity contribution in [2.75, 3.05) is 0 Å². The Kier molecular flexibility index (Phi) is 5.38. The molecule has 0 aromatic heterocycles. The molecule has 0 saturated carbocycles. The largest absolute Gasteiger partial charge is 0.0616 e. The molecule has 0 nitrogen and oxygen atoms in total. The fraction of sp³-hybridized carbons (Fsp3) is 0. The lowest BCUT2D eigenvalue weighted by molar-refractivity contribution is 1.63. The number of hydrogen-bond acceptors (Lipinski definition) is 0. The second-order valence-electron chi connectivity index (χ2n) is 12.4. The zero-order valence-corrected chi connectivity index (χ0v) is 25.2. The minimum absolute atomic E-state index is 1.23. The molecule has 0 aliphatic carbocycles. The molecular formula is C46H28. The van der Waals surface area contributed by atoms with E-state index in [1.807, 2.05) is 0 Å². The molecular weight excluding hydrogens is 553 g/mol. The Labute approximate surface area is 266 Å². The first-order chi connectivity index (χ1) is 22.8. The second-order valence-corrected chi connectivity index (χ2v) is 12.4. The Morgan fingerprint density at radius 2 is 0.609 bits per heavy atom. The molecule has 0 fully saturated rings. The maximum atomic E-state index is 2.40. The van der Waals surface area contributed by atoms with Gasteiger partial charge >= 0.3 is 0 Å². The zero-order valence-electron chi connectivity index (χ0n) is 25.2. The third-order valence-corrected chi connectivity index (χ3v) is 10.0. The van der Waals surface area contributed by atoms with Crippen molar-refractivity contribution < 1.29 is 0 Å². The Balaban J connectivity index is 1.20. The molecule has 0 amide bonds. The minimum Gasteiger partial charge on any atom is -0.0616 e. The standard InChI is InChI=1S/C46H28/c1-2-12-33-32(11-1)28-43(37-16-4-3-13-34(33)37)30-23-21-29(22-24-30)31-25-26-42-44(27-31)38-17-7-10-20-41(38)45-39-18-8-5-14-35(39)36-15-6-9-19-40(36)46(42)45/h1-28H. The van der Waals surface area contributed by atoms with Crippen LogP contribution >= 0.6 is 0 Å². The number of fused-ring (bicyclic) bond motifs is 14. The average Bonchev–Trinajstić information content (AvgIpc) is 3.14. The van der Waals surface area contributed by atoms with E-state index in [1.165, 1.54) is 97.7 Å².